The molecule has 1 aromatic carbocycles. The number of carbonyl (C=O) groups is 1. The Labute approximate surface area is 151 Å². The Morgan fingerprint density at radius 2 is 2.19 bits per heavy atom. The standard InChI is InChI=1S/C19H20N6O/c1-3-18-21-9-14-6-7-24(10-17(14)23-18)19(26)16-5-4-15(8-13(16)2)25-12-20-11-22-25/h4-5,8-9,11-12H,3,6-7,10H2,1-2H3. The molecule has 0 saturated carbocycles. The van der Waals surface area contributed by atoms with Gasteiger partial charge in [0.25, 0.3) is 5.91 Å². The monoisotopic (exact) mass is 348 g/mol. The van der Waals surface area contributed by atoms with E-state index in [2.05, 4.69) is 20.1 Å². The number of fused-ring (bicyclic) bond motifs is 1. The summed E-state index contributed by atoms with van der Waals surface area (Å²) in [5.74, 6) is 0.862. The maximum atomic E-state index is 13.0. The van der Waals surface area contributed by atoms with Crippen molar-refractivity contribution in [2.45, 2.75) is 33.2 Å². The first-order chi connectivity index (χ1) is 12.7. The van der Waals surface area contributed by atoms with Gasteiger partial charge >= 0.3 is 0 Å². The third-order valence-corrected chi connectivity index (χ3v) is 4.72. The highest BCUT2D eigenvalue weighted by Crippen LogP contribution is 2.21. The van der Waals surface area contributed by atoms with Gasteiger partial charge in [-0.25, -0.2) is 19.6 Å². The van der Waals surface area contributed by atoms with Crippen LogP contribution in [0.25, 0.3) is 5.69 Å². The number of amides is 1. The summed E-state index contributed by atoms with van der Waals surface area (Å²) >= 11 is 0. The Kier molecular flexibility index (Phi) is 4.20. The molecule has 1 aliphatic rings. The van der Waals surface area contributed by atoms with Crippen molar-refractivity contribution in [1.29, 1.82) is 0 Å². The van der Waals surface area contributed by atoms with Gasteiger partial charge in [-0.05, 0) is 42.7 Å². The normalized spacial score (nSPS) is 13.5. The van der Waals surface area contributed by atoms with Crippen molar-refractivity contribution >= 4 is 5.91 Å². The number of benzene rings is 1. The molecule has 1 amide bonds. The Hall–Kier alpha value is -3.09. The van der Waals surface area contributed by atoms with Gasteiger partial charge in [0, 0.05) is 24.7 Å². The van der Waals surface area contributed by atoms with E-state index in [1.54, 1.807) is 11.0 Å². The minimum atomic E-state index is 0.0370. The number of nitrogens with zero attached hydrogens (tertiary/aromatic N) is 6. The van der Waals surface area contributed by atoms with Crippen molar-refractivity contribution in [2.75, 3.05) is 6.54 Å². The van der Waals surface area contributed by atoms with Crippen LogP contribution in [-0.2, 0) is 19.4 Å². The van der Waals surface area contributed by atoms with Gasteiger partial charge in [-0.3, -0.25) is 4.79 Å². The van der Waals surface area contributed by atoms with Gasteiger partial charge in [-0.1, -0.05) is 6.92 Å². The van der Waals surface area contributed by atoms with Crippen molar-refractivity contribution < 1.29 is 4.79 Å². The fourth-order valence-corrected chi connectivity index (χ4v) is 3.23. The van der Waals surface area contributed by atoms with E-state index in [-0.39, 0.29) is 5.91 Å². The predicted molar refractivity (Wildman–Crippen MR) is 96.0 cm³/mol. The van der Waals surface area contributed by atoms with Crippen LogP contribution >= 0.6 is 0 Å². The molecule has 7 nitrogen and oxygen atoms in total. The van der Waals surface area contributed by atoms with Crippen molar-refractivity contribution in [3.63, 3.8) is 0 Å². The van der Waals surface area contributed by atoms with E-state index >= 15 is 0 Å². The summed E-state index contributed by atoms with van der Waals surface area (Å²) in [5.41, 5.74) is 4.63. The summed E-state index contributed by atoms with van der Waals surface area (Å²) in [7, 11) is 0. The molecule has 0 aliphatic carbocycles. The number of aryl methyl sites for hydroxylation is 2. The maximum absolute atomic E-state index is 13.0. The van der Waals surface area contributed by atoms with E-state index in [4.69, 9.17) is 0 Å². The van der Waals surface area contributed by atoms with Crippen molar-refractivity contribution in [2.24, 2.45) is 0 Å². The highest BCUT2D eigenvalue weighted by Gasteiger charge is 2.24. The van der Waals surface area contributed by atoms with Crippen LogP contribution in [0.1, 0.15) is 39.9 Å². The average molecular weight is 348 g/mol. The first kappa shape index (κ1) is 16.4. The Bertz CT molecular complexity index is 951. The van der Waals surface area contributed by atoms with E-state index in [0.29, 0.717) is 18.7 Å². The highest BCUT2D eigenvalue weighted by molar-refractivity contribution is 5.96. The molecule has 132 valence electrons. The lowest BCUT2D eigenvalue weighted by Crippen LogP contribution is -2.37. The van der Waals surface area contributed by atoms with Crippen LogP contribution in [0.15, 0.2) is 37.1 Å². The molecular formula is C19H20N6O. The van der Waals surface area contributed by atoms with Crippen molar-refractivity contribution in [3.05, 3.63) is 65.3 Å². The number of hydrogen-bond acceptors (Lipinski definition) is 5. The zero-order chi connectivity index (χ0) is 18.1. The summed E-state index contributed by atoms with van der Waals surface area (Å²) in [6.07, 6.45) is 6.63. The molecule has 3 aromatic rings. The summed E-state index contributed by atoms with van der Waals surface area (Å²) in [5, 5.41) is 4.13. The number of aromatic nitrogens is 5. The molecule has 2 aromatic heterocycles. The Morgan fingerprint density at radius 1 is 1.31 bits per heavy atom. The minimum Gasteiger partial charge on any atom is -0.332 e. The molecule has 3 heterocycles. The summed E-state index contributed by atoms with van der Waals surface area (Å²) in [6, 6.07) is 5.71. The van der Waals surface area contributed by atoms with Crippen LogP contribution in [0.5, 0.6) is 0 Å². The SMILES string of the molecule is CCc1ncc2c(n1)CN(C(=O)c1ccc(-n3cncn3)cc1C)CC2. The molecule has 0 bridgehead atoms. The smallest absolute Gasteiger partial charge is 0.254 e. The molecule has 0 unspecified atom stereocenters. The van der Waals surface area contributed by atoms with E-state index < -0.39 is 0 Å². The Morgan fingerprint density at radius 3 is 2.92 bits per heavy atom. The second-order valence-corrected chi connectivity index (χ2v) is 6.43. The van der Waals surface area contributed by atoms with Gasteiger partial charge in [0.1, 0.15) is 18.5 Å². The summed E-state index contributed by atoms with van der Waals surface area (Å²) in [6.45, 7) is 5.20. The van der Waals surface area contributed by atoms with E-state index in [0.717, 1.165) is 41.2 Å². The predicted octanol–water partition coefficient (Wildman–Crippen LogP) is 2.13. The molecule has 4 rings (SSSR count). The first-order valence-electron chi connectivity index (χ1n) is 8.74. The van der Waals surface area contributed by atoms with Crippen LogP contribution in [0.4, 0.5) is 0 Å². The third kappa shape index (κ3) is 2.96. The van der Waals surface area contributed by atoms with E-state index in [1.165, 1.54) is 6.33 Å². The second kappa shape index (κ2) is 6.67. The molecule has 0 fully saturated rings. The number of rotatable bonds is 3. The lowest BCUT2D eigenvalue weighted by molar-refractivity contribution is 0.0730. The second-order valence-electron chi connectivity index (χ2n) is 6.43. The molecule has 0 N–H and O–H groups in total. The zero-order valence-corrected chi connectivity index (χ0v) is 14.9. The number of carbonyl (C=O) groups excluding carboxylic acids is 1. The molecule has 7 heteroatoms. The maximum Gasteiger partial charge on any atom is 0.254 e. The first-order valence-corrected chi connectivity index (χ1v) is 8.74. The van der Waals surface area contributed by atoms with Gasteiger partial charge in [0.15, 0.2) is 0 Å². The van der Waals surface area contributed by atoms with Crippen LogP contribution in [0.3, 0.4) is 0 Å². The topological polar surface area (TPSA) is 76.8 Å². The summed E-state index contributed by atoms with van der Waals surface area (Å²) in [4.78, 5) is 27.8. The molecule has 26 heavy (non-hydrogen) atoms. The zero-order valence-electron chi connectivity index (χ0n) is 14.9. The van der Waals surface area contributed by atoms with Crippen molar-refractivity contribution in [1.82, 2.24) is 29.6 Å². The molecular weight excluding hydrogens is 328 g/mol. The number of hydrogen-bond donors (Lipinski definition) is 0. The van der Waals surface area contributed by atoms with Gasteiger partial charge in [-0.2, -0.15) is 5.10 Å². The van der Waals surface area contributed by atoms with E-state index in [1.807, 2.05) is 43.1 Å². The van der Waals surface area contributed by atoms with Gasteiger partial charge in [-0.15, -0.1) is 0 Å². The van der Waals surface area contributed by atoms with Gasteiger partial charge in [0.05, 0.1) is 17.9 Å². The minimum absolute atomic E-state index is 0.0370. The molecule has 1 aliphatic heterocycles. The molecule has 0 atom stereocenters. The molecule has 0 saturated heterocycles. The van der Waals surface area contributed by atoms with Crippen LogP contribution in [0.2, 0.25) is 0 Å². The van der Waals surface area contributed by atoms with Crippen LogP contribution in [0, 0.1) is 6.92 Å². The van der Waals surface area contributed by atoms with Crippen molar-refractivity contribution in [3.8, 4) is 5.69 Å². The average Bonchev–Trinajstić information content (AvgIpc) is 3.21. The quantitative estimate of drug-likeness (QED) is 0.725. The third-order valence-electron chi connectivity index (χ3n) is 4.72. The molecule has 0 radical (unpaired) electrons. The van der Waals surface area contributed by atoms with Crippen LogP contribution < -0.4 is 0 Å². The Balaban J connectivity index is 1.58. The lowest BCUT2D eigenvalue weighted by Gasteiger charge is -2.28. The summed E-state index contributed by atoms with van der Waals surface area (Å²) < 4.78 is 1.68. The van der Waals surface area contributed by atoms with Gasteiger partial charge < -0.3 is 4.90 Å². The fourth-order valence-electron chi connectivity index (χ4n) is 3.23. The fraction of sp³-hybridized carbons (Fsp3) is 0.316. The molecule has 0 spiro atoms. The largest absolute Gasteiger partial charge is 0.332 e. The highest BCUT2D eigenvalue weighted by atomic mass is 16.2. The van der Waals surface area contributed by atoms with E-state index in [9.17, 15) is 4.79 Å². The lowest BCUT2D eigenvalue weighted by atomic mass is 10.0. The van der Waals surface area contributed by atoms with Crippen LogP contribution in [-0.4, -0.2) is 42.1 Å². The van der Waals surface area contributed by atoms with Gasteiger partial charge in [0.2, 0.25) is 0 Å².